The second kappa shape index (κ2) is 7.22. The quantitative estimate of drug-likeness (QED) is 0.913. The van der Waals surface area contributed by atoms with Crippen LogP contribution in [0.1, 0.15) is 12.5 Å². The van der Waals surface area contributed by atoms with Gasteiger partial charge in [-0.2, -0.15) is 0 Å². The highest BCUT2D eigenvalue weighted by Crippen LogP contribution is 2.19. The molecular weight excluding hydrogens is 274 g/mol. The maximum atomic E-state index is 4.66. The van der Waals surface area contributed by atoms with Crippen LogP contribution in [0.2, 0.25) is 0 Å². The topological polar surface area (TPSA) is 44.3 Å². The van der Waals surface area contributed by atoms with Crippen LogP contribution in [-0.4, -0.2) is 42.7 Å². The van der Waals surface area contributed by atoms with Gasteiger partial charge in [-0.1, -0.05) is 0 Å². The summed E-state index contributed by atoms with van der Waals surface area (Å²) in [4.78, 5) is 13.4. The molecule has 0 bridgehead atoms. The van der Waals surface area contributed by atoms with E-state index in [1.807, 2.05) is 18.6 Å². The maximum Gasteiger partial charge on any atom is 0.128 e. The Labute approximate surface area is 132 Å². The van der Waals surface area contributed by atoms with Crippen LogP contribution in [0.5, 0.6) is 0 Å². The molecule has 0 unspecified atom stereocenters. The number of anilines is 2. The van der Waals surface area contributed by atoms with Crippen molar-refractivity contribution in [2.75, 3.05) is 42.5 Å². The van der Waals surface area contributed by atoms with E-state index in [0.29, 0.717) is 0 Å². The van der Waals surface area contributed by atoms with Crippen molar-refractivity contribution in [3.63, 3.8) is 0 Å². The molecule has 1 aliphatic heterocycles. The van der Waals surface area contributed by atoms with E-state index < -0.39 is 0 Å². The molecule has 116 valence electrons. The summed E-state index contributed by atoms with van der Waals surface area (Å²) in [6.45, 7) is 8.14. The normalized spacial score (nSPS) is 14.9. The Morgan fingerprint density at radius 3 is 2.55 bits per heavy atom. The minimum absolute atomic E-state index is 0.883. The van der Waals surface area contributed by atoms with E-state index >= 15 is 0 Å². The molecule has 5 heteroatoms. The lowest BCUT2D eigenvalue weighted by Crippen LogP contribution is -2.43. The van der Waals surface area contributed by atoms with Crippen LogP contribution >= 0.6 is 0 Å². The first-order valence-corrected chi connectivity index (χ1v) is 7.92. The number of rotatable bonds is 5. The van der Waals surface area contributed by atoms with Crippen molar-refractivity contribution in [3.05, 3.63) is 48.4 Å². The summed E-state index contributed by atoms with van der Waals surface area (Å²) in [7, 11) is 0. The van der Waals surface area contributed by atoms with Gasteiger partial charge in [-0.15, -0.1) is 0 Å². The fraction of sp³-hybridized carbons (Fsp3) is 0.412. The van der Waals surface area contributed by atoms with E-state index in [2.05, 4.69) is 56.3 Å². The second-order valence-electron chi connectivity index (χ2n) is 5.48. The number of hydrogen-bond acceptors (Lipinski definition) is 5. The van der Waals surface area contributed by atoms with Crippen LogP contribution in [0.15, 0.2) is 42.9 Å². The van der Waals surface area contributed by atoms with Crippen molar-refractivity contribution in [1.29, 1.82) is 0 Å². The molecule has 2 aromatic heterocycles. The summed E-state index contributed by atoms with van der Waals surface area (Å²) in [6.07, 6.45) is 5.67. The third-order valence-corrected chi connectivity index (χ3v) is 4.04. The van der Waals surface area contributed by atoms with Gasteiger partial charge in [0, 0.05) is 51.7 Å². The molecule has 0 spiro atoms. The summed E-state index contributed by atoms with van der Waals surface area (Å²) in [5.41, 5.74) is 2.43. The molecule has 1 aliphatic rings. The van der Waals surface area contributed by atoms with Crippen molar-refractivity contribution >= 4 is 11.5 Å². The summed E-state index contributed by atoms with van der Waals surface area (Å²) in [6, 6.07) is 8.43. The number of aromatic nitrogens is 2. The highest BCUT2D eigenvalue weighted by atomic mass is 15.2. The lowest BCUT2D eigenvalue weighted by Gasteiger charge is -2.29. The number of hydrogen-bond donors (Lipinski definition) is 1. The maximum absolute atomic E-state index is 4.66. The molecule has 1 fully saturated rings. The SMILES string of the molecule is CCN(Cc1ccncc1)c1ccc(N2CCNCC2)nc1. The Morgan fingerprint density at radius 1 is 1.14 bits per heavy atom. The van der Waals surface area contributed by atoms with Gasteiger partial charge in [0.05, 0.1) is 11.9 Å². The number of piperazine rings is 1. The third kappa shape index (κ3) is 3.54. The first kappa shape index (κ1) is 14.8. The van der Waals surface area contributed by atoms with E-state index in [1.54, 1.807) is 0 Å². The largest absolute Gasteiger partial charge is 0.366 e. The molecule has 5 nitrogen and oxygen atoms in total. The second-order valence-corrected chi connectivity index (χ2v) is 5.48. The van der Waals surface area contributed by atoms with Gasteiger partial charge >= 0.3 is 0 Å². The average Bonchev–Trinajstić information content (AvgIpc) is 2.61. The van der Waals surface area contributed by atoms with Gasteiger partial charge in [-0.25, -0.2) is 4.98 Å². The average molecular weight is 297 g/mol. The number of nitrogens with zero attached hydrogens (tertiary/aromatic N) is 4. The molecule has 0 saturated carbocycles. The molecule has 0 aromatic carbocycles. The monoisotopic (exact) mass is 297 g/mol. The van der Waals surface area contributed by atoms with Crippen LogP contribution in [-0.2, 0) is 6.54 Å². The van der Waals surface area contributed by atoms with Crippen LogP contribution in [0.4, 0.5) is 11.5 Å². The smallest absolute Gasteiger partial charge is 0.128 e. The predicted octanol–water partition coefficient (Wildman–Crippen LogP) is 1.91. The van der Waals surface area contributed by atoms with Crippen molar-refractivity contribution in [1.82, 2.24) is 15.3 Å². The van der Waals surface area contributed by atoms with Crippen LogP contribution in [0.3, 0.4) is 0 Å². The summed E-state index contributed by atoms with van der Waals surface area (Å²) < 4.78 is 0. The van der Waals surface area contributed by atoms with Crippen molar-refractivity contribution in [2.24, 2.45) is 0 Å². The zero-order chi connectivity index (χ0) is 15.2. The van der Waals surface area contributed by atoms with Gasteiger partial charge in [0.15, 0.2) is 0 Å². The van der Waals surface area contributed by atoms with Gasteiger partial charge in [0.25, 0.3) is 0 Å². The Balaban J connectivity index is 1.70. The van der Waals surface area contributed by atoms with Gasteiger partial charge in [-0.05, 0) is 36.8 Å². The summed E-state index contributed by atoms with van der Waals surface area (Å²) in [5.74, 6) is 1.07. The Morgan fingerprint density at radius 2 is 1.91 bits per heavy atom. The Kier molecular flexibility index (Phi) is 4.85. The van der Waals surface area contributed by atoms with E-state index in [9.17, 15) is 0 Å². The summed E-state index contributed by atoms with van der Waals surface area (Å²) >= 11 is 0. The van der Waals surface area contributed by atoms with Gasteiger partial charge < -0.3 is 15.1 Å². The van der Waals surface area contributed by atoms with Crippen LogP contribution in [0.25, 0.3) is 0 Å². The molecule has 1 N–H and O–H groups in total. The van der Waals surface area contributed by atoms with E-state index in [1.165, 1.54) is 5.56 Å². The minimum Gasteiger partial charge on any atom is -0.366 e. The first-order chi connectivity index (χ1) is 10.9. The highest BCUT2D eigenvalue weighted by molar-refractivity contribution is 5.51. The molecule has 0 atom stereocenters. The van der Waals surface area contributed by atoms with Crippen molar-refractivity contribution < 1.29 is 0 Å². The molecular formula is C17H23N5. The Hall–Kier alpha value is -2.14. The fourth-order valence-electron chi connectivity index (χ4n) is 2.74. The molecule has 0 radical (unpaired) electrons. The van der Waals surface area contributed by atoms with Gasteiger partial charge in [0.1, 0.15) is 5.82 Å². The molecule has 0 aliphatic carbocycles. The van der Waals surface area contributed by atoms with E-state index in [-0.39, 0.29) is 0 Å². The fourth-order valence-corrected chi connectivity index (χ4v) is 2.74. The van der Waals surface area contributed by atoms with E-state index in [4.69, 9.17) is 0 Å². The lowest BCUT2D eigenvalue weighted by molar-refractivity contribution is 0.585. The van der Waals surface area contributed by atoms with Crippen LogP contribution < -0.4 is 15.1 Å². The summed E-state index contributed by atoms with van der Waals surface area (Å²) in [5, 5.41) is 3.37. The zero-order valence-corrected chi connectivity index (χ0v) is 13.1. The third-order valence-electron chi connectivity index (χ3n) is 4.04. The van der Waals surface area contributed by atoms with Crippen molar-refractivity contribution in [3.8, 4) is 0 Å². The van der Waals surface area contributed by atoms with Gasteiger partial charge in [-0.3, -0.25) is 4.98 Å². The predicted molar refractivity (Wildman–Crippen MR) is 90.3 cm³/mol. The molecule has 22 heavy (non-hydrogen) atoms. The molecule has 1 saturated heterocycles. The number of nitrogens with one attached hydrogen (secondary N) is 1. The lowest BCUT2D eigenvalue weighted by atomic mass is 10.2. The first-order valence-electron chi connectivity index (χ1n) is 7.92. The van der Waals surface area contributed by atoms with Crippen LogP contribution in [0, 0.1) is 0 Å². The standard InChI is InChI=1S/C17H23N5/c1-2-21(14-15-5-7-18-8-6-15)16-3-4-17(20-13-16)22-11-9-19-10-12-22/h3-8,13,19H,2,9-12,14H2,1H3. The minimum atomic E-state index is 0.883. The Bertz CT molecular complexity index is 563. The molecule has 2 aromatic rings. The van der Waals surface area contributed by atoms with Gasteiger partial charge in [0.2, 0.25) is 0 Å². The zero-order valence-electron chi connectivity index (χ0n) is 13.1. The highest BCUT2D eigenvalue weighted by Gasteiger charge is 2.12. The van der Waals surface area contributed by atoms with Crippen molar-refractivity contribution in [2.45, 2.75) is 13.5 Å². The molecule has 0 amide bonds. The number of pyridine rings is 2. The van der Waals surface area contributed by atoms with E-state index in [0.717, 1.165) is 50.8 Å². The molecule has 3 rings (SSSR count). The molecule has 3 heterocycles.